The fraction of sp³-hybridized carbons (Fsp3) is 0.312. The second kappa shape index (κ2) is 6.16. The van der Waals surface area contributed by atoms with E-state index in [1.165, 1.54) is 16.4 Å². The molecule has 2 heterocycles. The summed E-state index contributed by atoms with van der Waals surface area (Å²) in [5, 5.41) is 7.04. The van der Waals surface area contributed by atoms with Crippen molar-refractivity contribution in [3.8, 4) is 0 Å². The van der Waals surface area contributed by atoms with E-state index in [2.05, 4.69) is 26.3 Å². The van der Waals surface area contributed by atoms with Gasteiger partial charge in [-0.3, -0.25) is 9.59 Å². The van der Waals surface area contributed by atoms with Crippen LogP contribution in [-0.2, 0) is 18.3 Å². The molecule has 0 bridgehead atoms. The van der Waals surface area contributed by atoms with Crippen molar-refractivity contribution in [2.45, 2.75) is 19.4 Å². The Hall–Kier alpha value is -2.15. The lowest BCUT2D eigenvalue weighted by Gasteiger charge is -2.23. The Balaban J connectivity index is 1.79. The summed E-state index contributed by atoms with van der Waals surface area (Å²) in [5.41, 5.74) is 2.42. The summed E-state index contributed by atoms with van der Waals surface area (Å²) in [6.07, 6.45) is 2.40. The van der Waals surface area contributed by atoms with Crippen LogP contribution in [0.25, 0.3) is 0 Å². The third-order valence-electron chi connectivity index (χ3n) is 3.97. The average Bonchev–Trinajstić information content (AvgIpc) is 2.98. The number of nitrogens with zero attached hydrogens (tertiary/aromatic N) is 3. The summed E-state index contributed by atoms with van der Waals surface area (Å²) in [4.78, 5) is 26.4. The van der Waals surface area contributed by atoms with Crippen LogP contribution in [0.15, 0.2) is 39.7 Å². The normalized spacial score (nSPS) is 14.5. The van der Waals surface area contributed by atoms with Crippen LogP contribution in [0.3, 0.4) is 0 Å². The second-order valence-electron chi connectivity index (χ2n) is 5.54. The van der Waals surface area contributed by atoms with Gasteiger partial charge in [0.25, 0.3) is 5.56 Å². The van der Waals surface area contributed by atoms with E-state index in [4.69, 9.17) is 0 Å². The number of nitrogens with one attached hydrogen (secondary N) is 1. The summed E-state index contributed by atoms with van der Waals surface area (Å²) in [5.74, 6) is -0.0254. The number of aromatic nitrogens is 2. The fourth-order valence-electron chi connectivity index (χ4n) is 2.71. The van der Waals surface area contributed by atoms with Crippen molar-refractivity contribution in [1.82, 2.24) is 9.78 Å². The van der Waals surface area contributed by atoms with Gasteiger partial charge in [-0.05, 0) is 40.9 Å². The number of hydrogen-bond acceptors (Lipinski definition) is 4. The Morgan fingerprint density at radius 2 is 2.13 bits per heavy atom. The number of aryl methyl sites for hydroxylation is 1. The lowest BCUT2D eigenvalue weighted by Crippen LogP contribution is -2.41. The lowest BCUT2D eigenvalue weighted by atomic mass is 10.2. The first-order valence-corrected chi connectivity index (χ1v) is 8.16. The van der Waals surface area contributed by atoms with Crippen LogP contribution in [0.2, 0.25) is 0 Å². The number of para-hydroxylation sites is 1. The van der Waals surface area contributed by atoms with E-state index >= 15 is 0 Å². The van der Waals surface area contributed by atoms with Crippen molar-refractivity contribution in [2.75, 3.05) is 16.8 Å². The van der Waals surface area contributed by atoms with E-state index in [0.717, 1.165) is 12.1 Å². The lowest BCUT2D eigenvalue weighted by molar-refractivity contribution is -0.118. The molecule has 6 nitrogen and oxygen atoms in total. The zero-order valence-corrected chi connectivity index (χ0v) is 14.5. The molecule has 1 unspecified atom stereocenters. The maximum Gasteiger partial charge on any atom is 0.282 e. The minimum atomic E-state index is -0.466. The monoisotopic (exact) mass is 376 g/mol. The highest BCUT2D eigenvalue weighted by Crippen LogP contribution is 2.28. The molecule has 1 amide bonds. The van der Waals surface area contributed by atoms with Crippen molar-refractivity contribution >= 4 is 33.2 Å². The van der Waals surface area contributed by atoms with E-state index in [1.807, 2.05) is 24.3 Å². The zero-order chi connectivity index (χ0) is 16.6. The van der Waals surface area contributed by atoms with Gasteiger partial charge in [-0.25, -0.2) is 4.68 Å². The zero-order valence-electron chi connectivity index (χ0n) is 12.9. The van der Waals surface area contributed by atoms with Crippen molar-refractivity contribution in [2.24, 2.45) is 7.05 Å². The highest BCUT2D eigenvalue weighted by molar-refractivity contribution is 9.10. The molecule has 0 saturated heterocycles. The highest BCUT2D eigenvalue weighted by atomic mass is 79.9. The number of fused-ring (bicyclic) bond motifs is 1. The largest absolute Gasteiger partial charge is 0.371 e. The molecule has 1 aliphatic heterocycles. The molecule has 7 heteroatoms. The molecule has 23 heavy (non-hydrogen) atoms. The number of rotatable bonds is 3. The maximum absolute atomic E-state index is 12.7. The topological polar surface area (TPSA) is 67.2 Å². The molecule has 2 aromatic rings. The van der Waals surface area contributed by atoms with Gasteiger partial charge in [0.2, 0.25) is 5.91 Å². The number of carbonyl (C=O) groups is 1. The molecule has 0 fully saturated rings. The Labute approximate surface area is 142 Å². The molecule has 0 radical (unpaired) electrons. The van der Waals surface area contributed by atoms with E-state index in [-0.39, 0.29) is 11.5 Å². The minimum Gasteiger partial charge on any atom is -0.371 e. The first-order valence-electron chi connectivity index (χ1n) is 7.36. The summed E-state index contributed by atoms with van der Waals surface area (Å²) >= 11 is 3.26. The maximum atomic E-state index is 12.7. The van der Waals surface area contributed by atoms with Crippen LogP contribution in [0, 0.1) is 0 Å². The molecule has 3 rings (SSSR count). The second-order valence-corrected chi connectivity index (χ2v) is 6.33. The molecular formula is C16H17BrN4O2. The average molecular weight is 377 g/mol. The summed E-state index contributed by atoms with van der Waals surface area (Å²) in [7, 11) is 1.58. The number of benzene rings is 1. The third kappa shape index (κ3) is 2.88. The summed E-state index contributed by atoms with van der Waals surface area (Å²) < 4.78 is 1.61. The van der Waals surface area contributed by atoms with E-state index in [0.29, 0.717) is 16.7 Å². The standard InChI is InChI=1S/C16H17BrN4O2/c1-10(19-12-9-18-20(2)16(23)14(12)17)15(22)21-8-7-11-5-3-4-6-13(11)21/h3-6,9-10,19H,7-8H2,1-2H3. The molecule has 0 spiro atoms. The van der Waals surface area contributed by atoms with Gasteiger partial charge in [-0.2, -0.15) is 5.10 Å². The molecule has 120 valence electrons. The quantitative estimate of drug-likeness (QED) is 0.888. The summed E-state index contributed by atoms with van der Waals surface area (Å²) in [6, 6.07) is 7.46. The SMILES string of the molecule is CC(Nc1cnn(C)c(=O)c1Br)C(=O)N1CCc2ccccc21. The molecule has 1 aliphatic rings. The molecule has 1 aromatic carbocycles. The van der Waals surface area contributed by atoms with Gasteiger partial charge in [0, 0.05) is 19.3 Å². The smallest absolute Gasteiger partial charge is 0.282 e. The van der Waals surface area contributed by atoms with Crippen LogP contribution in [0.5, 0.6) is 0 Å². The summed E-state index contributed by atoms with van der Waals surface area (Å²) in [6.45, 7) is 2.47. The number of anilines is 2. The number of carbonyl (C=O) groups excluding carboxylic acids is 1. The highest BCUT2D eigenvalue weighted by Gasteiger charge is 2.28. The molecule has 1 atom stereocenters. The molecule has 0 saturated carbocycles. The van der Waals surface area contributed by atoms with Gasteiger partial charge in [0.15, 0.2) is 0 Å². The van der Waals surface area contributed by atoms with Crippen LogP contribution in [0.1, 0.15) is 12.5 Å². The molecule has 1 N–H and O–H groups in total. The predicted octanol–water partition coefficient (Wildman–Crippen LogP) is 1.93. The Morgan fingerprint density at radius 3 is 2.91 bits per heavy atom. The van der Waals surface area contributed by atoms with E-state index in [1.54, 1.807) is 18.9 Å². The Morgan fingerprint density at radius 1 is 1.39 bits per heavy atom. The van der Waals surface area contributed by atoms with Gasteiger partial charge in [0.05, 0.1) is 11.9 Å². The molecule has 0 aliphatic carbocycles. The van der Waals surface area contributed by atoms with E-state index < -0.39 is 6.04 Å². The van der Waals surface area contributed by atoms with Gasteiger partial charge < -0.3 is 10.2 Å². The third-order valence-corrected chi connectivity index (χ3v) is 4.74. The predicted molar refractivity (Wildman–Crippen MR) is 92.8 cm³/mol. The van der Waals surface area contributed by atoms with Crippen LogP contribution >= 0.6 is 15.9 Å². The van der Waals surface area contributed by atoms with Gasteiger partial charge in [0.1, 0.15) is 10.5 Å². The van der Waals surface area contributed by atoms with Gasteiger partial charge in [-0.1, -0.05) is 18.2 Å². The van der Waals surface area contributed by atoms with Gasteiger partial charge >= 0.3 is 0 Å². The number of amides is 1. The van der Waals surface area contributed by atoms with Crippen LogP contribution in [0.4, 0.5) is 11.4 Å². The van der Waals surface area contributed by atoms with Crippen molar-refractivity contribution in [3.63, 3.8) is 0 Å². The molecular weight excluding hydrogens is 360 g/mol. The Kier molecular flexibility index (Phi) is 4.21. The van der Waals surface area contributed by atoms with Crippen molar-refractivity contribution in [3.05, 3.63) is 50.9 Å². The van der Waals surface area contributed by atoms with E-state index in [9.17, 15) is 9.59 Å². The van der Waals surface area contributed by atoms with Crippen LogP contribution < -0.4 is 15.8 Å². The minimum absolute atomic E-state index is 0.0254. The van der Waals surface area contributed by atoms with Gasteiger partial charge in [-0.15, -0.1) is 0 Å². The first-order chi connectivity index (χ1) is 11.0. The van der Waals surface area contributed by atoms with Crippen LogP contribution in [-0.4, -0.2) is 28.3 Å². The fourth-order valence-corrected chi connectivity index (χ4v) is 3.18. The number of halogens is 1. The Bertz CT molecular complexity index is 818. The number of hydrogen-bond donors (Lipinski definition) is 1. The van der Waals surface area contributed by atoms with Crippen molar-refractivity contribution in [1.29, 1.82) is 0 Å². The van der Waals surface area contributed by atoms with Crippen molar-refractivity contribution < 1.29 is 4.79 Å². The molecule has 1 aromatic heterocycles. The first kappa shape index (κ1) is 15.7.